The molecule has 8 heteroatoms. The second-order valence-corrected chi connectivity index (χ2v) is 6.39. The summed E-state index contributed by atoms with van der Waals surface area (Å²) in [5.74, 6) is -0.633. The highest BCUT2D eigenvalue weighted by atomic mass is 32.1. The van der Waals surface area contributed by atoms with Gasteiger partial charge in [0.15, 0.2) is 5.76 Å². The van der Waals surface area contributed by atoms with Gasteiger partial charge in [-0.2, -0.15) is 0 Å². The Hall–Kier alpha value is -3.39. The van der Waals surface area contributed by atoms with E-state index in [4.69, 9.17) is 4.42 Å². The monoisotopic (exact) mass is 369 g/mol. The van der Waals surface area contributed by atoms with E-state index in [1.807, 2.05) is 0 Å². The zero-order valence-electron chi connectivity index (χ0n) is 13.7. The van der Waals surface area contributed by atoms with Crippen molar-refractivity contribution in [2.75, 3.05) is 16.0 Å². The van der Waals surface area contributed by atoms with Crippen molar-refractivity contribution in [2.24, 2.45) is 0 Å². The molecule has 2 heterocycles. The quantitative estimate of drug-likeness (QED) is 0.637. The summed E-state index contributed by atoms with van der Waals surface area (Å²) in [6, 6.07) is 13.2. The number of nitrogens with one attached hydrogen (secondary N) is 3. The van der Waals surface area contributed by atoms with Crippen LogP contribution in [0.3, 0.4) is 0 Å². The van der Waals surface area contributed by atoms with Crippen molar-refractivity contribution < 1.29 is 18.8 Å². The van der Waals surface area contributed by atoms with Crippen LogP contribution < -0.4 is 16.0 Å². The van der Waals surface area contributed by atoms with Gasteiger partial charge in [0.2, 0.25) is 5.91 Å². The number of carbonyl (C=O) groups excluding carboxylic acids is 3. The van der Waals surface area contributed by atoms with Gasteiger partial charge < -0.3 is 20.4 Å². The van der Waals surface area contributed by atoms with Gasteiger partial charge in [-0.3, -0.25) is 14.4 Å². The maximum atomic E-state index is 12.3. The molecule has 0 saturated heterocycles. The molecule has 0 radical (unpaired) electrons. The highest BCUT2D eigenvalue weighted by molar-refractivity contribution is 7.18. The molecule has 7 nitrogen and oxygen atoms in total. The van der Waals surface area contributed by atoms with E-state index in [0.717, 1.165) is 11.3 Å². The van der Waals surface area contributed by atoms with Gasteiger partial charge >= 0.3 is 0 Å². The van der Waals surface area contributed by atoms with Crippen LogP contribution in [-0.2, 0) is 4.79 Å². The molecule has 132 valence electrons. The van der Waals surface area contributed by atoms with E-state index in [1.165, 1.54) is 13.2 Å². The third-order valence-electron chi connectivity index (χ3n) is 3.27. The minimum atomic E-state index is -0.377. The number of rotatable bonds is 5. The van der Waals surface area contributed by atoms with Crippen LogP contribution in [0, 0.1) is 0 Å². The molecule has 0 aliphatic heterocycles. The molecule has 3 N–H and O–H groups in total. The van der Waals surface area contributed by atoms with E-state index in [-0.39, 0.29) is 23.5 Å². The van der Waals surface area contributed by atoms with Gasteiger partial charge in [-0.25, -0.2) is 0 Å². The zero-order chi connectivity index (χ0) is 18.5. The lowest BCUT2D eigenvalue weighted by molar-refractivity contribution is -0.114. The summed E-state index contributed by atoms with van der Waals surface area (Å²) in [6.45, 7) is 1.43. The molecule has 26 heavy (non-hydrogen) atoms. The highest BCUT2D eigenvalue weighted by Gasteiger charge is 2.13. The maximum Gasteiger partial charge on any atom is 0.291 e. The first-order chi connectivity index (χ1) is 12.5. The molecule has 3 aromatic rings. The van der Waals surface area contributed by atoms with Crippen molar-refractivity contribution in [3.05, 3.63) is 65.4 Å². The van der Waals surface area contributed by atoms with Gasteiger partial charge in [-0.15, -0.1) is 11.3 Å². The van der Waals surface area contributed by atoms with Crippen LogP contribution in [-0.4, -0.2) is 17.7 Å². The molecule has 0 aliphatic rings. The fourth-order valence-corrected chi connectivity index (χ4v) is 2.94. The van der Waals surface area contributed by atoms with Crippen molar-refractivity contribution in [3.63, 3.8) is 0 Å². The number of hydrogen-bond donors (Lipinski definition) is 3. The Balaban J connectivity index is 1.61. The number of amides is 3. The number of thiophene rings is 1. The second kappa shape index (κ2) is 7.66. The van der Waals surface area contributed by atoms with Gasteiger partial charge in [-0.05, 0) is 48.5 Å². The third kappa shape index (κ3) is 4.37. The van der Waals surface area contributed by atoms with Gasteiger partial charge in [0.05, 0.1) is 16.1 Å². The lowest BCUT2D eigenvalue weighted by atomic mass is 10.2. The number of hydrogen-bond acceptors (Lipinski definition) is 5. The molecule has 3 amide bonds. The van der Waals surface area contributed by atoms with E-state index in [0.29, 0.717) is 21.3 Å². The average molecular weight is 369 g/mol. The third-order valence-corrected chi connectivity index (χ3v) is 4.27. The van der Waals surface area contributed by atoms with Gasteiger partial charge in [0.25, 0.3) is 11.8 Å². The second-order valence-electron chi connectivity index (χ2n) is 5.31. The summed E-state index contributed by atoms with van der Waals surface area (Å²) in [7, 11) is 0. The van der Waals surface area contributed by atoms with E-state index in [2.05, 4.69) is 16.0 Å². The molecule has 0 atom stereocenters. The number of furan rings is 1. The molecular weight excluding hydrogens is 354 g/mol. The van der Waals surface area contributed by atoms with E-state index in [1.54, 1.807) is 48.5 Å². The predicted molar refractivity (Wildman–Crippen MR) is 99.7 cm³/mol. The van der Waals surface area contributed by atoms with E-state index >= 15 is 0 Å². The summed E-state index contributed by atoms with van der Waals surface area (Å²) >= 11 is 1.15. The van der Waals surface area contributed by atoms with Crippen molar-refractivity contribution in [1.29, 1.82) is 0 Å². The predicted octanol–water partition coefficient (Wildman–Crippen LogP) is 3.80. The standard InChI is InChI=1S/C18H15N3O4S/c1-11(22)19-12-4-6-13(7-5-12)20-18(24)15-8-9-16(26-15)21-17(23)14-3-2-10-25-14/h2-10H,1H3,(H,19,22)(H,20,24)(H,21,23). The summed E-state index contributed by atoms with van der Waals surface area (Å²) in [4.78, 5) is 35.7. The number of benzene rings is 1. The SMILES string of the molecule is CC(=O)Nc1ccc(NC(=O)c2ccc(NC(=O)c3ccco3)s2)cc1. The lowest BCUT2D eigenvalue weighted by Crippen LogP contribution is -2.11. The zero-order valence-corrected chi connectivity index (χ0v) is 14.6. The van der Waals surface area contributed by atoms with Gasteiger partial charge in [0.1, 0.15) is 0 Å². The van der Waals surface area contributed by atoms with Crippen molar-refractivity contribution in [2.45, 2.75) is 6.92 Å². The van der Waals surface area contributed by atoms with E-state index in [9.17, 15) is 14.4 Å². The van der Waals surface area contributed by atoms with Crippen molar-refractivity contribution in [3.8, 4) is 0 Å². The Kier molecular flexibility index (Phi) is 5.14. The largest absolute Gasteiger partial charge is 0.459 e. The minimum absolute atomic E-state index is 0.163. The fourth-order valence-electron chi connectivity index (χ4n) is 2.14. The normalized spacial score (nSPS) is 10.2. The van der Waals surface area contributed by atoms with Crippen molar-refractivity contribution in [1.82, 2.24) is 0 Å². The van der Waals surface area contributed by atoms with Crippen LogP contribution in [0.1, 0.15) is 27.2 Å². The topological polar surface area (TPSA) is 100 Å². The highest BCUT2D eigenvalue weighted by Crippen LogP contribution is 2.24. The maximum absolute atomic E-state index is 12.3. The molecule has 0 aliphatic carbocycles. The Morgan fingerprint density at radius 2 is 1.54 bits per heavy atom. The lowest BCUT2D eigenvalue weighted by Gasteiger charge is -2.06. The Labute approximate surface area is 153 Å². The van der Waals surface area contributed by atoms with Gasteiger partial charge in [0, 0.05) is 18.3 Å². The Morgan fingerprint density at radius 3 is 2.15 bits per heavy atom. The molecule has 2 aromatic heterocycles. The molecule has 0 unspecified atom stereocenters. The van der Waals surface area contributed by atoms with Crippen LogP contribution in [0.25, 0.3) is 0 Å². The van der Waals surface area contributed by atoms with Crippen LogP contribution in [0.2, 0.25) is 0 Å². The Morgan fingerprint density at radius 1 is 0.846 bits per heavy atom. The van der Waals surface area contributed by atoms with Crippen LogP contribution in [0.15, 0.2) is 59.2 Å². The summed E-state index contributed by atoms with van der Waals surface area (Å²) in [5.41, 5.74) is 1.24. The first-order valence-electron chi connectivity index (χ1n) is 7.65. The molecule has 0 spiro atoms. The van der Waals surface area contributed by atoms with Crippen LogP contribution in [0.5, 0.6) is 0 Å². The molecular formula is C18H15N3O4S. The fraction of sp³-hybridized carbons (Fsp3) is 0.0556. The first-order valence-corrected chi connectivity index (χ1v) is 8.46. The molecule has 1 aromatic carbocycles. The first kappa shape index (κ1) is 17.4. The van der Waals surface area contributed by atoms with Crippen LogP contribution in [0.4, 0.5) is 16.4 Å². The molecule has 0 fully saturated rings. The summed E-state index contributed by atoms with van der Waals surface area (Å²) in [6.07, 6.45) is 1.42. The number of anilines is 3. The molecule has 0 bridgehead atoms. The Bertz CT molecular complexity index is 930. The van der Waals surface area contributed by atoms with Crippen LogP contribution >= 0.6 is 11.3 Å². The summed E-state index contributed by atoms with van der Waals surface area (Å²) < 4.78 is 5.02. The summed E-state index contributed by atoms with van der Waals surface area (Å²) in [5, 5.41) is 8.63. The van der Waals surface area contributed by atoms with Gasteiger partial charge in [-0.1, -0.05) is 0 Å². The van der Waals surface area contributed by atoms with Crippen molar-refractivity contribution >= 4 is 45.4 Å². The minimum Gasteiger partial charge on any atom is -0.459 e. The van der Waals surface area contributed by atoms with E-state index < -0.39 is 0 Å². The average Bonchev–Trinajstić information content (AvgIpc) is 3.27. The molecule has 3 rings (SSSR count). The number of carbonyl (C=O) groups is 3. The molecule has 0 saturated carbocycles. The smallest absolute Gasteiger partial charge is 0.291 e.